The number of fused-ring (bicyclic) bond motifs is 1. The van der Waals surface area contributed by atoms with E-state index in [1.54, 1.807) is 31.4 Å². The van der Waals surface area contributed by atoms with Crippen molar-refractivity contribution in [2.75, 3.05) is 7.11 Å². The molecule has 2 heterocycles. The molecule has 2 aromatic heterocycles. The molecule has 3 aromatic carbocycles. The third-order valence-electron chi connectivity index (χ3n) is 5.49. The van der Waals surface area contributed by atoms with Gasteiger partial charge >= 0.3 is 5.69 Å². The number of hydrogen-bond donors (Lipinski definition) is 1. The number of ether oxygens (including phenoxy) is 1. The van der Waals surface area contributed by atoms with Crippen LogP contribution in [0.3, 0.4) is 0 Å². The van der Waals surface area contributed by atoms with E-state index in [-0.39, 0.29) is 6.54 Å². The molecular weight excluding hydrogens is 420 g/mol. The van der Waals surface area contributed by atoms with Gasteiger partial charge in [-0.25, -0.2) is 4.79 Å². The highest BCUT2D eigenvalue weighted by molar-refractivity contribution is 5.82. The van der Waals surface area contributed by atoms with Gasteiger partial charge in [0, 0.05) is 16.7 Å². The van der Waals surface area contributed by atoms with Crippen molar-refractivity contribution in [3.8, 4) is 28.6 Å². The Labute approximate surface area is 188 Å². The van der Waals surface area contributed by atoms with Gasteiger partial charge in [-0.2, -0.15) is 4.98 Å². The molecule has 0 fully saturated rings. The fourth-order valence-electron chi connectivity index (χ4n) is 3.70. The minimum atomic E-state index is -0.513. The number of methoxy groups -OCH3 is 1. The van der Waals surface area contributed by atoms with Crippen LogP contribution in [0.25, 0.3) is 33.7 Å². The Kier molecular flexibility index (Phi) is 5.10. The molecular formula is C25H20N4O4. The third-order valence-corrected chi connectivity index (χ3v) is 5.49. The highest BCUT2D eigenvalue weighted by Gasteiger charge is 2.14. The monoisotopic (exact) mass is 440 g/mol. The van der Waals surface area contributed by atoms with Crippen molar-refractivity contribution in [3.63, 3.8) is 0 Å². The molecule has 5 aromatic rings. The second-order valence-electron chi connectivity index (χ2n) is 7.68. The largest absolute Gasteiger partial charge is 0.496 e. The quantitative estimate of drug-likeness (QED) is 0.446. The normalized spacial score (nSPS) is 11.1. The van der Waals surface area contributed by atoms with Crippen LogP contribution in [0.5, 0.6) is 5.75 Å². The first-order valence-corrected chi connectivity index (χ1v) is 10.3. The predicted molar refractivity (Wildman–Crippen MR) is 124 cm³/mol. The standard InChI is InChI=1S/C25H20N4O4/c1-15-7-9-16(10-8-15)22-27-23(33-28-22)17-11-12-19-20(13-17)26-25(31)29(24(19)30)14-18-5-3-4-6-21(18)32-2/h3-13H,14H2,1-2H3,(H,26,31). The number of nitrogens with zero attached hydrogens (tertiary/aromatic N) is 3. The SMILES string of the molecule is COc1ccccc1Cn1c(=O)[nH]c2cc(-c3nc(-c4ccc(C)cc4)no3)ccc2c1=O. The molecule has 8 heteroatoms. The molecule has 0 amide bonds. The van der Waals surface area contributed by atoms with E-state index < -0.39 is 11.2 Å². The summed E-state index contributed by atoms with van der Waals surface area (Å²) < 4.78 is 11.9. The summed E-state index contributed by atoms with van der Waals surface area (Å²) in [5.41, 5.74) is 2.80. The molecule has 0 aliphatic carbocycles. The first-order valence-electron chi connectivity index (χ1n) is 10.3. The maximum atomic E-state index is 13.1. The maximum Gasteiger partial charge on any atom is 0.329 e. The van der Waals surface area contributed by atoms with Gasteiger partial charge in [0.15, 0.2) is 0 Å². The lowest BCUT2D eigenvalue weighted by molar-refractivity contribution is 0.408. The molecule has 1 N–H and O–H groups in total. The average molecular weight is 440 g/mol. The Morgan fingerprint density at radius 1 is 1.00 bits per heavy atom. The van der Waals surface area contributed by atoms with Crippen molar-refractivity contribution >= 4 is 10.9 Å². The average Bonchev–Trinajstić information content (AvgIpc) is 3.32. The number of para-hydroxylation sites is 1. The summed E-state index contributed by atoms with van der Waals surface area (Å²) in [4.78, 5) is 33.1. The van der Waals surface area contributed by atoms with E-state index in [4.69, 9.17) is 9.26 Å². The fourth-order valence-corrected chi connectivity index (χ4v) is 3.70. The summed E-state index contributed by atoms with van der Waals surface area (Å²) in [6, 6.07) is 20.1. The molecule has 5 rings (SSSR count). The van der Waals surface area contributed by atoms with Gasteiger partial charge in [-0.05, 0) is 31.2 Å². The summed E-state index contributed by atoms with van der Waals surface area (Å²) in [5.74, 6) is 1.37. The second-order valence-corrected chi connectivity index (χ2v) is 7.68. The van der Waals surface area contributed by atoms with Crippen molar-refractivity contribution in [2.24, 2.45) is 0 Å². The summed E-state index contributed by atoms with van der Waals surface area (Å²) in [6.45, 7) is 2.10. The maximum absolute atomic E-state index is 13.1. The summed E-state index contributed by atoms with van der Waals surface area (Å²) in [6.07, 6.45) is 0. The number of aryl methyl sites for hydroxylation is 1. The van der Waals surface area contributed by atoms with Gasteiger partial charge < -0.3 is 14.2 Å². The van der Waals surface area contributed by atoms with Crippen LogP contribution in [0.1, 0.15) is 11.1 Å². The van der Waals surface area contributed by atoms with Crippen molar-refractivity contribution in [1.82, 2.24) is 19.7 Å². The lowest BCUT2D eigenvalue weighted by Crippen LogP contribution is -2.35. The summed E-state index contributed by atoms with van der Waals surface area (Å²) in [5, 5.41) is 4.43. The van der Waals surface area contributed by atoms with Crippen LogP contribution in [0.2, 0.25) is 0 Å². The molecule has 0 saturated heterocycles. The van der Waals surface area contributed by atoms with E-state index in [0.717, 1.165) is 21.3 Å². The number of hydrogen-bond acceptors (Lipinski definition) is 6. The molecule has 0 aliphatic rings. The topological polar surface area (TPSA) is 103 Å². The van der Waals surface area contributed by atoms with Gasteiger partial charge in [-0.15, -0.1) is 0 Å². The van der Waals surface area contributed by atoms with Gasteiger partial charge in [-0.1, -0.05) is 53.2 Å². The van der Waals surface area contributed by atoms with Crippen molar-refractivity contribution in [2.45, 2.75) is 13.5 Å². The number of H-pyrrole nitrogens is 1. The lowest BCUT2D eigenvalue weighted by atomic mass is 10.1. The second kappa shape index (κ2) is 8.23. The molecule has 33 heavy (non-hydrogen) atoms. The Morgan fingerprint density at radius 3 is 2.55 bits per heavy atom. The molecule has 0 unspecified atom stereocenters. The zero-order valence-electron chi connectivity index (χ0n) is 18.0. The molecule has 0 atom stereocenters. The first-order chi connectivity index (χ1) is 16.0. The highest BCUT2D eigenvalue weighted by atomic mass is 16.5. The molecule has 0 saturated carbocycles. The van der Waals surface area contributed by atoms with E-state index in [1.165, 1.54) is 0 Å². The van der Waals surface area contributed by atoms with Gasteiger partial charge in [-0.3, -0.25) is 9.36 Å². The summed E-state index contributed by atoms with van der Waals surface area (Å²) >= 11 is 0. The predicted octanol–water partition coefficient (Wildman–Crippen LogP) is 3.77. The van der Waals surface area contributed by atoms with Crippen LogP contribution >= 0.6 is 0 Å². The zero-order chi connectivity index (χ0) is 22.9. The van der Waals surface area contributed by atoms with Crippen molar-refractivity contribution < 1.29 is 9.26 Å². The van der Waals surface area contributed by atoms with Gasteiger partial charge in [0.05, 0.1) is 24.6 Å². The molecule has 0 radical (unpaired) electrons. The van der Waals surface area contributed by atoms with Crippen LogP contribution in [0.15, 0.2) is 80.8 Å². The third kappa shape index (κ3) is 3.82. The van der Waals surface area contributed by atoms with Crippen LogP contribution in [0, 0.1) is 6.92 Å². The van der Waals surface area contributed by atoms with Crippen LogP contribution in [0.4, 0.5) is 0 Å². The van der Waals surface area contributed by atoms with Crippen LogP contribution < -0.4 is 16.0 Å². The zero-order valence-corrected chi connectivity index (χ0v) is 18.0. The Hall–Kier alpha value is -4.46. The minimum Gasteiger partial charge on any atom is -0.496 e. The minimum absolute atomic E-state index is 0.0967. The first kappa shape index (κ1) is 20.4. The number of aromatic amines is 1. The van der Waals surface area contributed by atoms with Crippen molar-refractivity contribution in [3.05, 3.63) is 98.7 Å². The number of rotatable bonds is 5. The number of nitrogens with one attached hydrogen (secondary N) is 1. The van der Waals surface area contributed by atoms with E-state index in [1.807, 2.05) is 49.4 Å². The van der Waals surface area contributed by atoms with Crippen molar-refractivity contribution in [1.29, 1.82) is 0 Å². The Balaban J connectivity index is 1.52. The van der Waals surface area contributed by atoms with Crippen LogP contribution in [-0.4, -0.2) is 26.8 Å². The number of aromatic nitrogens is 4. The molecule has 8 nitrogen and oxygen atoms in total. The molecule has 0 spiro atoms. The van der Waals surface area contributed by atoms with Gasteiger partial charge in [0.1, 0.15) is 5.75 Å². The highest BCUT2D eigenvalue weighted by Crippen LogP contribution is 2.24. The smallest absolute Gasteiger partial charge is 0.329 e. The lowest BCUT2D eigenvalue weighted by Gasteiger charge is -2.10. The van der Waals surface area contributed by atoms with Gasteiger partial charge in [0.2, 0.25) is 5.82 Å². The van der Waals surface area contributed by atoms with E-state index in [9.17, 15) is 9.59 Å². The number of benzene rings is 3. The van der Waals surface area contributed by atoms with Gasteiger partial charge in [0.25, 0.3) is 11.4 Å². The Morgan fingerprint density at radius 2 is 1.76 bits per heavy atom. The fraction of sp³-hybridized carbons (Fsp3) is 0.120. The van der Waals surface area contributed by atoms with E-state index in [0.29, 0.717) is 33.9 Å². The molecule has 0 bridgehead atoms. The van der Waals surface area contributed by atoms with E-state index in [2.05, 4.69) is 15.1 Å². The van der Waals surface area contributed by atoms with Crippen LogP contribution in [-0.2, 0) is 6.54 Å². The summed E-state index contributed by atoms with van der Waals surface area (Å²) in [7, 11) is 1.55. The molecule has 0 aliphatic heterocycles. The Bertz CT molecular complexity index is 1580. The van der Waals surface area contributed by atoms with E-state index >= 15 is 0 Å². The molecule has 164 valence electrons.